The standard InChI is InChI=1S/C12H13ClN2O4/c1-18-7-10(16)11(12(17)19-2)15-14-9-5-3-4-8(13)6-9/h3-6,16H,7H2,1-2H3/b11-10-,15-14?. The number of carbonyl (C=O) groups excluding carboxylic acids is 1. The molecule has 1 N–H and O–H groups in total. The molecule has 0 saturated heterocycles. The van der Waals surface area contributed by atoms with Gasteiger partial charge in [-0.25, -0.2) is 4.79 Å². The zero-order valence-electron chi connectivity index (χ0n) is 10.5. The smallest absolute Gasteiger partial charge is 0.362 e. The summed E-state index contributed by atoms with van der Waals surface area (Å²) in [5, 5.41) is 17.6. The Labute approximate surface area is 115 Å². The predicted molar refractivity (Wildman–Crippen MR) is 69.5 cm³/mol. The molecule has 0 bridgehead atoms. The minimum Gasteiger partial charge on any atom is -0.507 e. The molecule has 7 heteroatoms. The lowest BCUT2D eigenvalue weighted by molar-refractivity contribution is -0.136. The van der Waals surface area contributed by atoms with Crippen LogP contribution >= 0.6 is 11.6 Å². The molecule has 6 nitrogen and oxygen atoms in total. The van der Waals surface area contributed by atoms with E-state index in [-0.39, 0.29) is 18.1 Å². The fraction of sp³-hybridized carbons (Fsp3) is 0.250. The zero-order chi connectivity index (χ0) is 14.3. The van der Waals surface area contributed by atoms with Crippen LogP contribution in [0.1, 0.15) is 0 Å². The van der Waals surface area contributed by atoms with E-state index in [4.69, 9.17) is 16.3 Å². The van der Waals surface area contributed by atoms with Gasteiger partial charge in [-0.3, -0.25) is 0 Å². The Hall–Kier alpha value is -1.92. The lowest BCUT2D eigenvalue weighted by Gasteiger charge is -2.03. The molecule has 0 heterocycles. The Morgan fingerprint density at radius 1 is 1.42 bits per heavy atom. The summed E-state index contributed by atoms with van der Waals surface area (Å²) < 4.78 is 9.21. The first-order valence-electron chi connectivity index (χ1n) is 5.25. The lowest BCUT2D eigenvalue weighted by atomic mass is 10.3. The maximum absolute atomic E-state index is 11.4. The van der Waals surface area contributed by atoms with Crippen LogP contribution in [-0.4, -0.2) is 31.9 Å². The van der Waals surface area contributed by atoms with E-state index in [9.17, 15) is 9.90 Å². The van der Waals surface area contributed by atoms with Gasteiger partial charge in [-0.05, 0) is 18.2 Å². The highest BCUT2D eigenvalue weighted by Crippen LogP contribution is 2.19. The largest absolute Gasteiger partial charge is 0.507 e. The number of rotatable bonds is 5. The summed E-state index contributed by atoms with van der Waals surface area (Å²) in [4.78, 5) is 11.4. The average Bonchev–Trinajstić information content (AvgIpc) is 2.39. The molecule has 19 heavy (non-hydrogen) atoms. The third kappa shape index (κ3) is 4.69. The van der Waals surface area contributed by atoms with Gasteiger partial charge in [0.05, 0.1) is 12.8 Å². The van der Waals surface area contributed by atoms with Crippen molar-refractivity contribution in [3.05, 3.63) is 40.7 Å². The van der Waals surface area contributed by atoms with Crippen molar-refractivity contribution < 1.29 is 19.4 Å². The monoisotopic (exact) mass is 284 g/mol. The van der Waals surface area contributed by atoms with E-state index < -0.39 is 5.97 Å². The van der Waals surface area contributed by atoms with Crippen LogP contribution in [0, 0.1) is 0 Å². The van der Waals surface area contributed by atoms with Crippen molar-refractivity contribution in [2.45, 2.75) is 0 Å². The van der Waals surface area contributed by atoms with E-state index in [1.54, 1.807) is 24.3 Å². The SMILES string of the molecule is COC/C(O)=C(/N=Nc1cccc(Cl)c1)C(=O)OC. The number of benzene rings is 1. The fourth-order valence-electron chi connectivity index (χ4n) is 1.16. The Bertz CT molecular complexity index is 514. The van der Waals surface area contributed by atoms with Gasteiger partial charge in [0.25, 0.3) is 0 Å². The van der Waals surface area contributed by atoms with E-state index in [1.807, 2.05) is 0 Å². The summed E-state index contributed by atoms with van der Waals surface area (Å²) in [5.74, 6) is -1.17. The molecule has 0 fully saturated rings. The van der Waals surface area contributed by atoms with Gasteiger partial charge < -0.3 is 14.6 Å². The van der Waals surface area contributed by atoms with E-state index in [0.717, 1.165) is 0 Å². The average molecular weight is 285 g/mol. The van der Waals surface area contributed by atoms with Crippen LogP contribution in [0.25, 0.3) is 0 Å². The number of ether oxygens (including phenoxy) is 2. The first kappa shape index (κ1) is 15.1. The molecule has 1 aromatic rings. The molecule has 0 aliphatic heterocycles. The van der Waals surface area contributed by atoms with E-state index in [2.05, 4.69) is 15.0 Å². The molecule has 0 aromatic heterocycles. The molecule has 0 aliphatic rings. The van der Waals surface area contributed by atoms with Gasteiger partial charge >= 0.3 is 5.97 Å². The van der Waals surface area contributed by atoms with Crippen LogP contribution in [0.5, 0.6) is 0 Å². The highest BCUT2D eigenvalue weighted by Gasteiger charge is 2.15. The molecule has 0 spiro atoms. The molecular weight excluding hydrogens is 272 g/mol. The topological polar surface area (TPSA) is 80.5 Å². The summed E-state index contributed by atoms with van der Waals surface area (Å²) in [6.45, 7) is -0.168. The van der Waals surface area contributed by atoms with E-state index in [0.29, 0.717) is 10.7 Å². The summed E-state index contributed by atoms with van der Waals surface area (Å²) in [5.41, 5.74) is 0.128. The maximum Gasteiger partial charge on any atom is 0.362 e. The number of carbonyl (C=O) groups is 1. The summed E-state index contributed by atoms with van der Waals surface area (Å²) in [6.07, 6.45) is 0. The van der Waals surface area contributed by atoms with Gasteiger partial charge in [0, 0.05) is 12.1 Å². The predicted octanol–water partition coefficient (Wildman–Crippen LogP) is 3.01. The molecule has 0 aliphatic carbocycles. The summed E-state index contributed by atoms with van der Waals surface area (Å²) >= 11 is 5.79. The Morgan fingerprint density at radius 2 is 2.16 bits per heavy atom. The quantitative estimate of drug-likeness (QED) is 0.390. The van der Waals surface area contributed by atoms with Crippen molar-refractivity contribution in [1.82, 2.24) is 0 Å². The third-order valence-corrected chi connectivity index (χ3v) is 2.24. The van der Waals surface area contributed by atoms with Crippen LogP contribution in [0.3, 0.4) is 0 Å². The molecule has 0 saturated carbocycles. The highest BCUT2D eigenvalue weighted by molar-refractivity contribution is 6.30. The number of hydrogen-bond donors (Lipinski definition) is 1. The molecule has 1 aromatic carbocycles. The van der Waals surface area contributed by atoms with Crippen LogP contribution in [-0.2, 0) is 14.3 Å². The number of halogens is 1. The molecule has 0 unspecified atom stereocenters. The Kier molecular flexibility index (Phi) is 5.98. The normalized spacial score (nSPS) is 12.4. The summed E-state index contributed by atoms with van der Waals surface area (Å²) in [7, 11) is 2.55. The van der Waals surface area contributed by atoms with Gasteiger partial charge in [-0.15, -0.1) is 5.11 Å². The highest BCUT2D eigenvalue weighted by atomic mass is 35.5. The Morgan fingerprint density at radius 3 is 2.74 bits per heavy atom. The van der Waals surface area contributed by atoms with Crippen molar-refractivity contribution in [1.29, 1.82) is 0 Å². The van der Waals surface area contributed by atoms with Crippen LogP contribution in [0.2, 0.25) is 5.02 Å². The van der Waals surface area contributed by atoms with E-state index in [1.165, 1.54) is 14.2 Å². The number of aliphatic hydroxyl groups excluding tert-OH is 1. The van der Waals surface area contributed by atoms with Crippen molar-refractivity contribution in [2.75, 3.05) is 20.8 Å². The number of methoxy groups -OCH3 is 2. The van der Waals surface area contributed by atoms with Gasteiger partial charge in [0.2, 0.25) is 5.70 Å². The first-order chi connectivity index (χ1) is 9.08. The second kappa shape index (κ2) is 7.50. The number of nitrogens with zero attached hydrogens (tertiary/aromatic N) is 2. The third-order valence-electron chi connectivity index (χ3n) is 2.01. The molecule has 1 rings (SSSR count). The fourth-order valence-corrected chi connectivity index (χ4v) is 1.35. The van der Waals surface area contributed by atoms with Crippen molar-refractivity contribution in [3.63, 3.8) is 0 Å². The van der Waals surface area contributed by atoms with Gasteiger partial charge in [-0.1, -0.05) is 17.7 Å². The summed E-state index contributed by atoms with van der Waals surface area (Å²) in [6, 6.07) is 6.58. The molecule has 0 amide bonds. The molecule has 102 valence electrons. The van der Waals surface area contributed by atoms with Crippen molar-refractivity contribution in [2.24, 2.45) is 10.2 Å². The molecule has 0 atom stereocenters. The molecular formula is C12H13ClN2O4. The number of hydrogen-bond acceptors (Lipinski definition) is 6. The van der Waals surface area contributed by atoms with Crippen LogP contribution in [0.4, 0.5) is 5.69 Å². The lowest BCUT2D eigenvalue weighted by Crippen LogP contribution is -2.08. The van der Waals surface area contributed by atoms with Gasteiger partial charge in [0.15, 0.2) is 5.76 Å². The number of azo groups is 1. The first-order valence-corrected chi connectivity index (χ1v) is 5.63. The number of esters is 1. The van der Waals surface area contributed by atoms with Crippen LogP contribution < -0.4 is 0 Å². The second-order valence-corrected chi connectivity index (χ2v) is 3.84. The minimum atomic E-state index is -0.805. The maximum atomic E-state index is 11.4. The second-order valence-electron chi connectivity index (χ2n) is 3.40. The van der Waals surface area contributed by atoms with Crippen molar-refractivity contribution in [3.8, 4) is 0 Å². The molecule has 0 radical (unpaired) electrons. The van der Waals surface area contributed by atoms with E-state index >= 15 is 0 Å². The van der Waals surface area contributed by atoms with Gasteiger partial charge in [-0.2, -0.15) is 5.11 Å². The van der Waals surface area contributed by atoms with Crippen molar-refractivity contribution >= 4 is 23.3 Å². The van der Waals surface area contributed by atoms with Crippen LogP contribution in [0.15, 0.2) is 46.0 Å². The minimum absolute atomic E-state index is 0.168. The Balaban J connectivity index is 3.01. The number of aliphatic hydroxyl groups is 1. The zero-order valence-corrected chi connectivity index (χ0v) is 11.2. The van der Waals surface area contributed by atoms with Gasteiger partial charge in [0.1, 0.15) is 6.61 Å².